The van der Waals surface area contributed by atoms with Crippen molar-refractivity contribution in [2.45, 2.75) is 19.9 Å². The number of aromatic nitrogens is 4. The molecule has 9 nitrogen and oxygen atoms in total. The molecule has 1 aliphatic heterocycles. The number of amides is 1. The van der Waals surface area contributed by atoms with E-state index in [-0.39, 0.29) is 17.5 Å². The Balaban J connectivity index is 1.45. The minimum Gasteiger partial charge on any atom is -0.368 e. The fourth-order valence-electron chi connectivity index (χ4n) is 3.70. The summed E-state index contributed by atoms with van der Waals surface area (Å²) in [7, 11) is 3.76. The molecule has 31 heavy (non-hydrogen) atoms. The number of carbonyl (C=O) groups excluding carboxylic acids is 1. The van der Waals surface area contributed by atoms with Crippen molar-refractivity contribution in [3.8, 4) is 0 Å². The van der Waals surface area contributed by atoms with E-state index in [1.54, 1.807) is 27.9 Å². The second-order valence-electron chi connectivity index (χ2n) is 8.20. The lowest BCUT2D eigenvalue weighted by Gasteiger charge is -2.36. The van der Waals surface area contributed by atoms with Crippen LogP contribution in [-0.4, -0.2) is 70.8 Å². The highest BCUT2D eigenvalue weighted by molar-refractivity contribution is 5.92. The molecule has 0 atom stereocenters. The number of rotatable bonds is 4. The maximum Gasteiger partial charge on any atom is 0.274 e. The number of piperazine rings is 1. The molecule has 0 bridgehead atoms. The maximum atomic E-state index is 12.8. The number of hydrogen-bond donors (Lipinski definition) is 0. The normalized spacial score (nSPS) is 14.4. The first-order valence-electron chi connectivity index (χ1n) is 10.4. The van der Waals surface area contributed by atoms with Gasteiger partial charge in [-0.15, -0.1) is 10.2 Å². The first kappa shape index (κ1) is 20.8. The van der Waals surface area contributed by atoms with Gasteiger partial charge in [0.25, 0.3) is 11.5 Å². The number of hydrogen-bond acceptors (Lipinski definition) is 7. The summed E-state index contributed by atoms with van der Waals surface area (Å²) in [5.41, 5.74) is 2.02. The van der Waals surface area contributed by atoms with Gasteiger partial charge in [-0.3, -0.25) is 14.2 Å². The van der Waals surface area contributed by atoms with Crippen molar-refractivity contribution in [1.82, 2.24) is 24.6 Å². The number of fused-ring (bicyclic) bond motifs is 1. The van der Waals surface area contributed by atoms with Gasteiger partial charge in [0.15, 0.2) is 11.5 Å². The summed E-state index contributed by atoms with van der Waals surface area (Å²) in [6.45, 7) is 6.51. The minimum atomic E-state index is -0.105. The van der Waals surface area contributed by atoms with Crippen LogP contribution in [0.25, 0.3) is 10.9 Å². The number of benzene rings is 1. The van der Waals surface area contributed by atoms with Crippen LogP contribution in [0.2, 0.25) is 0 Å². The molecule has 0 aliphatic carbocycles. The topological polar surface area (TPSA) is 87.5 Å². The molecule has 0 unspecified atom stereocenters. The van der Waals surface area contributed by atoms with Crippen molar-refractivity contribution in [3.63, 3.8) is 0 Å². The van der Waals surface area contributed by atoms with Crippen molar-refractivity contribution >= 4 is 28.3 Å². The van der Waals surface area contributed by atoms with E-state index in [9.17, 15) is 9.59 Å². The molecular formula is C22H27N7O2. The van der Waals surface area contributed by atoms with E-state index < -0.39 is 0 Å². The number of carbonyl (C=O) groups is 1. The van der Waals surface area contributed by atoms with Gasteiger partial charge in [0.05, 0.1) is 17.2 Å². The molecule has 2 aromatic heterocycles. The molecular weight excluding hydrogens is 394 g/mol. The summed E-state index contributed by atoms with van der Waals surface area (Å²) >= 11 is 0. The third-order valence-corrected chi connectivity index (χ3v) is 5.58. The van der Waals surface area contributed by atoms with Crippen LogP contribution in [0, 0.1) is 0 Å². The van der Waals surface area contributed by atoms with Crippen LogP contribution < -0.4 is 15.4 Å². The Morgan fingerprint density at radius 1 is 1.03 bits per heavy atom. The summed E-state index contributed by atoms with van der Waals surface area (Å²) in [6.07, 6.45) is 1.61. The van der Waals surface area contributed by atoms with Gasteiger partial charge in [-0.2, -0.15) is 0 Å². The van der Waals surface area contributed by atoms with Gasteiger partial charge < -0.3 is 14.7 Å². The van der Waals surface area contributed by atoms with Crippen LogP contribution in [0.3, 0.4) is 0 Å². The first-order valence-corrected chi connectivity index (χ1v) is 10.4. The third kappa shape index (κ3) is 4.08. The van der Waals surface area contributed by atoms with Crippen LogP contribution in [0.5, 0.6) is 0 Å². The van der Waals surface area contributed by atoms with Crippen LogP contribution in [-0.2, 0) is 0 Å². The quantitative estimate of drug-likeness (QED) is 0.635. The Morgan fingerprint density at radius 2 is 1.77 bits per heavy atom. The van der Waals surface area contributed by atoms with Gasteiger partial charge >= 0.3 is 0 Å². The van der Waals surface area contributed by atoms with Crippen LogP contribution >= 0.6 is 0 Å². The van der Waals surface area contributed by atoms with E-state index >= 15 is 0 Å². The Labute approximate surface area is 180 Å². The van der Waals surface area contributed by atoms with Crippen LogP contribution in [0.15, 0.2) is 41.5 Å². The Kier molecular flexibility index (Phi) is 5.58. The highest BCUT2D eigenvalue weighted by atomic mass is 16.2. The molecule has 0 spiro atoms. The van der Waals surface area contributed by atoms with E-state index in [4.69, 9.17) is 0 Å². The van der Waals surface area contributed by atoms with Crippen molar-refractivity contribution in [2.75, 3.05) is 50.1 Å². The molecule has 1 aromatic carbocycles. The maximum absolute atomic E-state index is 12.8. The number of nitrogens with zero attached hydrogens (tertiary/aromatic N) is 7. The zero-order chi connectivity index (χ0) is 22.1. The molecule has 1 aliphatic rings. The lowest BCUT2D eigenvalue weighted by Crippen LogP contribution is -2.49. The fraction of sp³-hybridized carbons (Fsp3) is 0.409. The van der Waals surface area contributed by atoms with E-state index in [2.05, 4.69) is 20.1 Å². The summed E-state index contributed by atoms with van der Waals surface area (Å²) in [6, 6.07) is 9.34. The third-order valence-electron chi connectivity index (χ3n) is 5.58. The standard InChI is InChI=1S/C22H27N7O2/c1-15(2)29-14-23-19-13-16(5-6-17(19)21(29)30)27-9-11-28(12-10-27)22(31)18-7-8-20(25-24-18)26(3)4/h5-8,13-15H,9-12H2,1-4H3. The average molecular weight is 422 g/mol. The summed E-state index contributed by atoms with van der Waals surface area (Å²) < 4.78 is 1.64. The fourth-order valence-corrected chi connectivity index (χ4v) is 3.70. The lowest BCUT2D eigenvalue weighted by atomic mass is 10.2. The molecule has 0 N–H and O–H groups in total. The second kappa shape index (κ2) is 8.33. The predicted octanol–water partition coefficient (Wildman–Crippen LogP) is 1.80. The molecule has 162 valence electrons. The first-order chi connectivity index (χ1) is 14.8. The SMILES string of the molecule is CC(C)n1cnc2cc(N3CCN(C(=O)c4ccc(N(C)C)nn4)CC3)ccc2c1=O. The van der Waals surface area contributed by atoms with Gasteiger partial charge in [0.1, 0.15) is 0 Å². The van der Waals surface area contributed by atoms with E-state index in [0.29, 0.717) is 48.6 Å². The van der Waals surface area contributed by atoms with Crippen molar-refractivity contribution in [3.05, 3.63) is 52.7 Å². The van der Waals surface area contributed by atoms with Crippen molar-refractivity contribution in [2.24, 2.45) is 0 Å². The van der Waals surface area contributed by atoms with Crippen molar-refractivity contribution < 1.29 is 4.79 Å². The molecule has 1 fully saturated rings. The molecule has 3 aromatic rings. The molecule has 0 saturated carbocycles. The Hall–Kier alpha value is -3.49. The molecule has 1 amide bonds. The van der Waals surface area contributed by atoms with Gasteiger partial charge in [-0.25, -0.2) is 4.98 Å². The van der Waals surface area contributed by atoms with E-state index in [0.717, 1.165) is 5.69 Å². The van der Waals surface area contributed by atoms with Gasteiger partial charge in [0.2, 0.25) is 0 Å². The zero-order valence-corrected chi connectivity index (χ0v) is 18.3. The molecule has 4 rings (SSSR count). The molecule has 9 heteroatoms. The highest BCUT2D eigenvalue weighted by Gasteiger charge is 2.24. The zero-order valence-electron chi connectivity index (χ0n) is 18.3. The molecule has 1 saturated heterocycles. The largest absolute Gasteiger partial charge is 0.368 e. The Bertz CT molecular complexity index is 1150. The van der Waals surface area contributed by atoms with Gasteiger partial charge in [-0.1, -0.05) is 0 Å². The second-order valence-corrected chi connectivity index (χ2v) is 8.20. The summed E-state index contributed by atoms with van der Waals surface area (Å²) in [5.74, 6) is 0.610. The Morgan fingerprint density at radius 3 is 2.39 bits per heavy atom. The summed E-state index contributed by atoms with van der Waals surface area (Å²) in [5, 5.41) is 8.79. The molecule has 0 radical (unpaired) electrons. The highest BCUT2D eigenvalue weighted by Crippen LogP contribution is 2.21. The van der Waals surface area contributed by atoms with Gasteiger partial charge in [0, 0.05) is 52.0 Å². The van der Waals surface area contributed by atoms with Crippen LogP contribution in [0.4, 0.5) is 11.5 Å². The van der Waals surface area contributed by atoms with Crippen LogP contribution in [0.1, 0.15) is 30.4 Å². The minimum absolute atomic E-state index is 0.0247. The van der Waals surface area contributed by atoms with Crippen molar-refractivity contribution in [1.29, 1.82) is 0 Å². The smallest absolute Gasteiger partial charge is 0.274 e. The summed E-state index contributed by atoms with van der Waals surface area (Å²) in [4.78, 5) is 35.7. The molecule has 3 heterocycles. The van der Waals surface area contributed by atoms with E-state index in [1.165, 1.54) is 0 Å². The lowest BCUT2D eigenvalue weighted by molar-refractivity contribution is 0.0739. The monoisotopic (exact) mass is 421 g/mol. The number of anilines is 2. The van der Waals surface area contributed by atoms with Gasteiger partial charge in [-0.05, 0) is 44.2 Å². The average Bonchev–Trinajstić information content (AvgIpc) is 2.78. The van der Waals surface area contributed by atoms with E-state index in [1.807, 2.05) is 51.0 Å². The predicted molar refractivity (Wildman–Crippen MR) is 121 cm³/mol.